The van der Waals surface area contributed by atoms with Gasteiger partial charge in [-0.25, -0.2) is 0 Å². The third-order valence-corrected chi connectivity index (χ3v) is 5.87. The number of Topliss-reactive ketones (excluding diaryl/α,β-unsaturated/α-hetero) is 1. The van der Waals surface area contributed by atoms with Crippen molar-refractivity contribution in [3.63, 3.8) is 0 Å². The lowest BCUT2D eigenvalue weighted by molar-refractivity contribution is -0.142. The molecule has 0 aromatic carbocycles. The molecule has 33 heavy (non-hydrogen) atoms. The summed E-state index contributed by atoms with van der Waals surface area (Å²) in [4.78, 5) is 23.5. The number of esters is 1. The minimum Gasteiger partial charge on any atom is -0.465 e. The first-order valence-corrected chi connectivity index (χ1v) is 13.6. The van der Waals surface area contributed by atoms with E-state index in [1.165, 1.54) is 89.9 Å². The van der Waals surface area contributed by atoms with Gasteiger partial charge >= 0.3 is 5.97 Å². The van der Waals surface area contributed by atoms with Gasteiger partial charge in [0.2, 0.25) is 5.78 Å². The van der Waals surface area contributed by atoms with Gasteiger partial charge in [0, 0.05) is 6.07 Å². The molecule has 1 aromatic rings. The Balaban J connectivity index is 1.90. The summed E-state index contributed by atoms with van der Waals surface area (Å²) in [5, 5.41) is 0. The van der Waals surface area contributed by atoms with Crippen molar-refractivity contribution in [2.45, 2.75) is 129 Å². The fourth-order valence-electron chi connectivity index (χ4n) is 3.86. The summed E-state index contributed by atoms with van der Waals surface area (Å²) in [6, 6.07) is 3.19. The number of carbonyl (C=O) groups is 2. The van der Waals surface area contributed by atoms with Crippen LogP contribution in [0.4, 0.5) is 0 Å². The van der Waals surface area contributed by atoms with E-state index < -0.39 is 5.97 Å². The minimum atomic E-state index is -0.520. The Labute approximate surface area is 202 Å². The maximum atomic E-state index is 12.0. The van der Waals surface area contributed by atoms with Crippen molar-refractivity contribution >= 4 is 11.8 Å². The van der Waals surface area contributed by atoms with E-state index in [-0.39, 0.29) is 18.0 Å². The fraction of sp³-hybridized carbons (Fsp3) is 0.786. The second-order valence-corrected chi connectivity index (χ2v) is 9.09. The highest BCUT2D eigenvalue weighted by molar-refractivity contribution is 6.04. The number of hydrogen-bond donors (Lipinski definition) is 0. The first-order chi connectivity index (χ1) is 16.2. The van der Waals surface area contributed by atoms with E-state index in [2.05, 4.69) is 6.92 Å². The van der Waals surface area contributed by atoms with Gasteiger partial charge < -0.3 is 13.9 Å². The highest BCUT2D eigenvalue weighted by Crippen LogP contribution is 2.18. The summed E-state index contributed by atoms with van der Waals surface area (Å²) in [6.07, 6.45) is 21.9. The van der Waals surface area contributed by atoms with Crippen molar-refractivity contribution in [1.82, 2.24) is 0 Å². The van der Waals surface area contributed by atoms with Gasteiger partial charge in [-0.15, -0.1) is 0 Å². The number of furan rings is 1. The third kappa shape index (κ3) is 16.5. The Morgan fingerprint density at radius 1 is 0.667 bits per heavy atom. The lowest BCUT2D eigenvalue weighted by atomic mass is 10.0. The highest BCUT2D eigenvalue weighted by Gasteiger charge is 2.17. The average Bonchev–Trinajstić information content (AvgIpc) is 3.29. The van der Waals surface area contributed by atoms with Gasteiger partial charge in [0.25, 0.3) is 5.95 Å². The van der Waals surface area contributed by atoms with Crippen LogP contribution in [0.2, 0.25) is 0 Å². The molecule has 190 valence electrons. The van der Waals surface area contributed by atoms with Crippen LogP contribution in [-0.2, 0) is 9.53 Å². The van der Waals surface area contributed by atoms with Gasteiger partial charge in [0.05, 0.1) is 13.2 Å². The molecule has 0 amide bonds. The smallest absolute Gasteiger partial charge is 0.313 e. The molecular weight excluding hydrogens is 416 g/mol. The van der Waals surface area contributed by atoms with Crippen LogP contribution in [0, 0.1) is 0 Å². The van der Waals surface area contributed by atoms with E-state index >= 15 is 0 Å². The Morgan fingerprint density at radius 3 is 1.70 bits per heavy atom. The van der Waals surface area contributed by atoms with Crippen LogP contribution in [0.5, 0.6) is 5.95 Å². The molecule has 5 heteroatoms. The van der Waals surface area contributed by atoms with Crippen LogP contribution in [0.3, 0.4) is 0 Å². The van der Waals surface area contributed by atoms with Crippen molar-refractivity contribution in [1.29, 1.82) is 0 Å². The number of hydrogen-bond acceptors (Lipinski definition) is 5. The predicted molar refractivity (Wildman–Crippen MR) is 134 cm³/mol. The molecule has 0 aliphatic heterocycles. The van der Waals surface area contributed by atoms with Gasteiger partial charge in [0.1, 0.15) is 6.42 Å². The molecule has 0 aliphatic rings. The molecule has 0 bridgehead atoms. The van der Waals surface area contributed by atoms with Gasteiger partial charge in [-0.2, -0.15) is 0 Å². The molecule has 5 nitrogen and oxygen atoms in total. The molecule has 0 saturated heterocycles. The Hall–Kier alpha value is -1.78. The molecule has 1 heterocycles. The average molecular weight is 465 g/mol. The van der Waals surface area contributed by atoms with Crippen molar-refractivity contribution in [2.75, 3.05) is 13.2 Å². The number of carbonyl (C=O) groups excluding carboxylic acids is 2. The molecule has 0 aliphatic carbocycles. The lowest BCUT2D eigenvalue weighted by Crippen LogP contribution is -2.11. The number of unbranched alkanes of at least 4 members (excludes halogenated alkanes) is 15. The van der Waals surface area contributed by atoms with E-state index in [1.807, 2.05) is 6.92 Å². The van der Waals surface area contributed by atoms with Gasteiger partial charge in [-0.05, 0) is 18.9 Å². The number of ketones is 1. The number of rotatable bonds is 23. The fourth-order valence-corrected chi connectivity index (χ4v) is 3.86. The van der Waals surface area contributed by atoms with Crippen LogP contribution in [-0.4, -0.2) is 25.0 Å². The molecule has 0 radical (unpaired) electrons. The second kappa shape index (κ2) is 20.8. The summed E-state index contributed by atoms with van der Waals surface area (Å²) < 4.78 is 15.9. The maximum Gasteiger partial charge on any atom is 0.313 e. The normalized spacial score (nSPS) is 11.0. The van der Waals surface area contributed by atoms with E-state index in [0.717, 1.165) is 19.3 Å². The lowest BCUT2D eigenvalue weighted by Gasteiger charge is -2.04. The van der Waals surface area contributed by atoms with Gasteiger partial charge in [-0.3, -0.25) is 9.59 Å². The first-order valence-electron chi connectivity index (χ1n) is 13.6. The Morgan fingerprint density at radius 2 is 1.18 bits per heavy atom. The largest absolute Gasteiger partial charge is 0.465 e. The topological polar surface area (TPSA) is 65.7 Å². The molecule has 1 rings (SSSR count). The molecule has 0 unspecified atom stereocenters. The monoisotopic (exact) mass is 464 g/mol. The zero-order valence-electron chi connectivity index (χ0n) is 21.3. The predicted octanol–water partition coefficient (Wildman–Crippen LogP) is 8.45. The molecular formula is C28H48O5. The van der Waals surface area contributed by atoms with Crippen LogP contribution >= 0.6 is 0 Å². The molecule has 0 atom stereocenters. The first kappa shape index (κ1) is 29.3. The van der Waals surface area contributed by atoms with E-state index in [4.69, 9.17) is 13.9 Å². The maximum absolute atomic E-state index is 12.0. The van der Waals surface area contributed by atoms with Crippen LogP contribution in [0.25, 0.3) is 0 Å². The Bertz CT molecular complexity index is 607. The van der Waals surface area contributed by atoms with Crippen LogP contribution in [0.1, 0.15) is 140 Å². The van der Waals surface area contributed by atoms with E-state index in [1.54, 1.807) is 12.1 Å². The second-order valence-electron chi connectivity index (χ2n) is 9.09. The highest BCUT2D eigenvalue weighted by atomic mass is 16.6. The minimum absolute atomic E-state index is 0.144. The van der Waals surface area contributed by atoms with E-state index in [9.17, 15) is 9.59 Å². The summed E-state index contributed by atoms with van der Waals surface area (Å²) >= 11 is 0. The standard InChI is InChI=1S/C28H48O5/c1-3-5-6-7-8-9-10-11-12-13-14-15-16-17-18-19-23-32-28-21-20-26(33-28)25(29)24-27(30)31-22-4-2/h20-21H,3-19,22-24H2,1-2H3. The van der Waals surface area contributed by atoms with Crippen LogP contribution < -0.4 is 4.74 Å². The van der Waals surface area contributed by atoms with Crippen LogP contribution in [0.15, 0.2) is 16.5 Å². The molecule has 0 N–H and O–H groups in total. The van der Waals surface area contributed by atoms with Crippen molar-refractivity contribution in [3.05, 3.63) is 17.9 Å². The zero-order chi connectivity index (χ0) is 24.0. The molecule has 0 fully saturated rings. The van der Waals surface area contributed by atoms with Crippen molar-refractivity contribution in [3.8, 4) is 5.95 Å². The summed E-state index contributed by atoms with van der Waals surface area (Å²) in [5.41, 5.74) is 0. The quantitative estimate of drug-likeness (QED) is 0.0703. The number of ether oxygens (including phenoxy) is 2. The van der Waals surface area contributed by atoms with Gasteiger partial charge in [0.15, 0.2) is 5.76 Å². The third-order valence-electron chi connectivity index (χ3n) is 5.87. The zero-order valence-corrected chi connectivity index (χ0v) is 21.3. The molecule has 0 spiro atoms. The summed E-state index contributed by atoms with van der Waals surface area (Å²) in [5.74, 6) is -0.422. The van der Waals surface area contributed by atoms with E-state index in [0.29, 0.717) is 19.2 Å². The van der Waals surface area contributed by atoms with Crippen molar-refractivity contribution in [2.24, 2.45) is 0 Å². The Kier molecular flexibility index (Phi) is 18.4. The SMILES string of the molecule is CCCCCCCCCCCCCCCCCCOc1ccc(C(=O)CC(=O)OCCC)o1. The van der Waals surface area contributed by atoms with Gasteiger partial charge in [-0.1, -0.05) is 110 Å². The molecule has 1 aromatic heterocycles. The van der Waals surface area contributed by atoms with Crippen molar-refractivity contribution < 1.29 is 23.5 Å². The molecule has 0 saturated carbocycles. The summed E-state index contributed by atoms with van der Waals surface area (Å²) in [6.45, 7) is 5.09. The summed E-state index contributed by atoms with van der Waals surface area (Å²) in [7, 11) is 0.